The van der Waals surface area contributed by atoms with Crippen LogP contribution < -0.4 is 10.9 Å². The molecule has 5 aromatic rings. The lowest BCUT2D eigenvalue weighted by Crippen LogP contribution is -2.49. The van der Waals surface area contributed by atoms with Gasteiger partial charge in [-0.1, -0.05) is 72.8 Å². The van der Waals surface area contributed by atoms with Crippen LogP contribution in [0.1, 0.15) is 57.1 Å². The van der Waals surface area contributed by atoms with Crippen molar-refractivity contribution >= 4 is 32.8 Å². The minimum atomic E-state index is -3.59. The Bertz CT molecular complexity index is 2250. The molecule has 13 heteroatoms. The van der Waals surface area contributed by atoms with Gasteiger partial charge in [-0.25, -0.2) is 8.42 Å². The van der Waals surface area contributed by atoms with Gasteiger partial charge in [-0.2, -0.15) is 4.31 Å². The number of sulfonamides is 1. The van der Waals surface area contributed by atoms with Gasteiger partial charge in [0, 0.05) is 56.3 Å². The summed E-state index contributed by atoms with van der Waals surface area (Å²) in [5, 5.41) is 34.8. The van der Waals surface area contributed by atoms with E-state index in [0.717, 1.165) is 22.9 Å². The number of likely N-dealkylation sites (tertiary alicyclic amines) is 1. The molecule has 276 valence electrons. The molecule has 0 bridgehead atoms. The number of fused-ring (bicyclic) bond motifs is 1. The summed E-state index contributed by atoms with van der Waals surface area (Å²) in [5.74, 6) is -1.16. The zero-order valence-electron chi connectivity index (χ0n) is 29.2. The van der Waals surface area contributed by atoms with Crippen LogP contribution in [-0.4, -0.2) is 75.7 Å². The summed E-state index contributed by atoms with van der Waals surface area (Å²) < 4.78 is 26.9. The van der Waals surface area contributed by atoms with Gasteiger partial charge in [0.15, 0.2) is 0 Å². The number of aliphatic carboxylic acids is 1. The maximum Gasteiger partial charge on any atom is 0.314 e. The summed E-state index contributed by atoms with van der Waals surface area (Å²) in [6, 6.07) is 29.4. The second-order valence-electron chi connectivity index (χ2n) is 13.5. The number of phenolic OH excluding ortho intramolecular Hbond substituents is 1. The molecule has 1 saturated heterocycles. The lowest BCUT2D eigenvalue weighted by atomic mass is 9.73. The fourth-order valence-electron chi connectivity index (χ4n) is 6.88. The number of hydrogen-bond acceptors (Lipinski definition) is 8. The molecule has 0 saturated carbocycles. The van der Waals surface area contributed by atoms with Gasteiger partial charge in [0.25, 0.3) is 5.91 Å². The lowest BCUT2D eigenvalue weighted by molar-refractivity contribution is -0.145. The number of aromatic nitrogens is 1. The Morgan fingerprint density at radius 2 is 1.47 bits per heavy atom. The van der Waals surface area contributed by atoms with E-state index < -0.39 is 27.5 Å². The van der Waals surface area contributed by atoms with Crippen molar-refractivity contribution in [2.75, 3.05) is 25.9 Å². The maximum atomic E-state index is 13.3. The number of amides is 1. The van der Waals surface area contributed by atoms with E-state index in [-0.39, 0.29) is 42.4 Å². The van der Waals surface area contributed by atoms with Crippen molar-refractivity contribution in [3.8, 4) is 5.75 Å². The number of aromatic amines is 1. The van der Waals surface area contributed by atoms with Crippen LogP contribution in [0.3, 0.4) is 0 Å². The Labute approximate surface area is 307 Å². The Morgan fingerprint density at radius 3 is 2.08 bits per heavy atom. The predicted molar refractivity (Wildman–Crippen MR) is 201 cm³/mol. The molecule has 0 aliphatic carbocycles. The molecule has 5 N–H and O–H groups in total. The van der Waals surface area contributed by atoms with E-state index in [0.29, 0.717) is 54.6 Å². The number of hydrogen-bond donors (Lipinski definition) is 5. The first-order valence-corrected chi connectivity index (χ1v) is 19.1. The molecular formula is C40H42N4O8S. The van der Waals surface area contributed by atoms with E-state index in [1.165, 1.54) is 16.4 Å². The van der Waals surface area contributed by atoms with Crippen LogP contribution in [-0.2, 0) is 39.9 Å². The molecule has 1 fully saturated rings. The van der Waals surface area contributed by atoms with Gasteiger partial charge in [-0.3, -0.25) is 14.4 Å². The number of H-pyrrole nitrogens is 1. The first kappa shape index (κ1) is 37.4. The van der Waals surface area contributed by atoms with Crippen LogP contribution >= 0.6 is 0 Å². The molecule has 1 aliphatic rings. The number of carbonyl (C=O) groups is 2. The quantitative estimate of drug-likeness (QED) is 0.118. The van der Waals surface area contributed by atoms with Gasteiger partial charge >= 0.3 is 5.97 Å². The minimum absolute atomic E-state index is 0.0775. The van der Waals surface area contributed by atoms with E-state index in [1.807, 2.05) is 54.6 Å². The highest BCUT2D eigenvalue weighted by Gasteiger charge is 2.44. The summed E-state index contributed by atoms with van der Waals surface area (Å²) in [4.78, 5) is 41.6. The van der Waals surface area contributed by atoms with Gasteiger partial charge in [0.1, 0.15) is 5.75 Å². The van der Waals surface area contributed by atoms with Crippen molar-refractivity contribution < 1.29 is 33.3 Å². The molecule has 2 heterocycles. The molecule has 1 aliphatic heterocycles. The molecule has 12 nitrogen and oxygen atoms in total. The highest BCUT2D eigenvalue weighted by Crippen LogP contribution is 2.36. The van der Waals surface area contributed by atoms with E-state index >= 15 is 0 Å². The number of pyridine rings is 1. The molecular weight excluding hydrogens is 697 g/mol. The normalized spacial score (nSPS) is 15.0. The molecule has 0 spiro atoms. The number of aromatic hydroxyl groups is 1. The van der Waals surface area contributed by atoms with Crippen molar-refractivity contribution in [1.82, 2.24) is 19.5 Å². The molecule has 1 aromatic heterocycles. The first-order chi connectivity index (χ1) is 25.3. The third-order valence-corrected chi connectivity index (χ3v) is 11.2. The second-order valence-corrected chi connectivity index (χ2v) is 15.5. The van der Waals surface area contributed by atoms with Crippen LogP contribution in [0.2, 0.25) is 0 Å². The molecule has 4 aromatic carbocycles. The predicted octanol–water partition coefficient (Wildman–Crippen LogP) is 4.28. The summed E-state index contributed by atoms with van der Waals surface area (Å²) in [6.07, 6.45) is 0.877. The number of aliphatic hydroxyl groups is 1. The Kier molecular flexibility index (Phi) is 11.1. The fraction of sp³-hybridized carbons (Fsp3) is 0.275. The SMILES string of the molecule is CS(=O)(=O)N(Cc1ccc(CNCC(O)c2ccc(O)c3[nH]c(=O)ccc23)cc1)Cc1ccc(C(=O)N2CCC(C(=O)O)(c3ccccc3)CC2)cc1. The summed E-state index contributed by atoms with van der Waals surface area (Å²) in [7, 11) is -3.59. The number of carbonyl (C=O) groups excluding carboxylic acids is 1. The average Bonchev–Trinajstić information content (AvgIpc) is 3.15. The zero-order valence-corrected chi connectivity index (χ0v) is 30.1. The monoisotopic (exact) mass is 738 g/mol. The highest BCUT2D eigenvalue weighted by atomic mass is 32.2. The molecule has 1 amide bonds. The van der Waals surface area contributed by atoms with E-state index in [2.05, 4.69) is 10.3 Å². The topological polar surface area (TPSA) is 180 Å². The fourth-order valence-corrected chi connectivity index (χ4v) is 7.65. The smallest absolute Gasteiger partial charge is 0.314 e. The van der Waals surface area contributed by atoms with Crippen LogP contribution in [0, 0.1) is 0 Å². The summed E-state index contributed by atoms with van der Waals surface area (Å²) in [5.41, 5.74) is 3.06. The highest BCUT2D eigenvalue weighted by molar-refractivity contribution is 7.88. The number of phenols is 1. The van der Waals surface area contributed by atoms with Crippen molar-refractivity contribution in [2.24, 2.45) is 0 Å². The summed E-state index contributed by atoms with van der Waals surface area (Å²) >= 11 is 0. The van der Waals surface area contributed by atoms with Crippen molar-refractivity contribution in [3.63, 3.8) is 0 Å². The number of piperidine rings is 1. The molecule has 1 unspecified atom stereocenters. The lowest BCUT2D eigenvalue weighted by Gasteiger charge is -2.39. The third kappa shape index (κ3) is 8.50. The van der Waals surface area contributed by atoms with Crippen LogP contribution in [0.5, 0.6) is 5.75 Å². The van der Waals surface area contributed by atoms with Gasteiger partial charge < -0.3 is 30.5 Å². The second kappa shape index (κ2) is 15.7. The standard InChI is InChI=1S/C40H42N4O8S/c1-53(51,52)44(25-28-9-7-27(8-10-28)23-41-24-35(46)32-15-17-34(45)37-33(32)16-18-36(47)42-37)26-29-11-13-30(14-12-29)38(48)43-21-19-40(20-22-43,39(49)50)31-5-3-2-4-6-31/h2-18,35,41,45-46H,19-26H2,1H3,(H,42,47)(H,49,50). The Hall–Kier alpha value is -5.34. The van der Waals surface area contributed by atoms with Gasteiger partial charge in [-0.15, -0.1) is 0 Å². The van der Waals surface area contributed by atoms with E-state index in [4.69, 9.17) is 0 Å². The number of rotatable bonds is 13. The van der Waals surface area contributed by atoms with Crippen LogP contribution in [0.15, 0.2) is 108 Å². The minimum Gasteiger partial charge on any atom is -0.506 e. The van der Waals surface area contributed by atoms with E-state index in [1.54, 1.807) is 41.3 Å². The zero-order chi connectivity index (χ0) is 37.8. The van der Waals surface area contributed by atoms with Crippen molar-refractivity contribution in [3.05, 3.63) is 147 Å². The van der Waals surface area contributed by atoms with Crippen molar-refractivity contribution in [2.45, 2.75) is 44.0 Å². The van der Waals surface area contributed by atoms with Gasteiger partial charge in [0.05, 0.1) is 23.3 Å². The number of benzene rings is 4. The number of carboxylic acids is 1. The van der Waals surface area contributed by atoms with Gasteiger partial charge in [0.2, 0.25) is 15.6 Å². The van der Waals surface area contributed by atoms with Crippen LogP contribution in [0.25, 0.3) is 10.9 Å². The molecule has 1 atom stereocenters. The Morgan fingerprint density at radius 1 is 0.868 bits per heavy atom. The third-order valence-electron chi connectivity index (χ3n) is 9.98. The molecule has 6 rings (SSSR count). The first-order valence-electron chi connectivity index (χ1n) is 17.3. The number of carboxylic acid groups (broad SMARTS) is 1. The van der Waals surface area contributed by atoms with Gasteiger partial charge in [-0.05, 0) is 64.9 Å². The number of nitrogens with zero attached hydrogens (tertiary/aromatic N) is 2. The molecule has 53 heavy (non-hydrogen) atoms. The number of nitrogens with one attached hydrogen (secondary N) is 2. The Balaban J connectivity index is 1.03. The maximum absolute atomic E-state index is 13.3. The largest absolute Gasteiger partial charge is 0.506 e. The number of aliphatic hydroxyl groups excluding tert-OH is 1. The summed E-state index contributed by atoms with van der Waals surface area (Å²) in [6.45, 7) is 1.52. The molecule has 0 radical (unpaired) electrons. The van der Waals surface area contributed by atoms with Crippen LogP contribution in [0.4, 0.5) is 0 Å². The van der Waals surface area contributed by atoms with E-state index in [9.17, 15) is 38.1 Å². The van der Waals surface area contributed by atoms with Crippen molar-refractivity contribution in [1.29, 1.82) is 0 Å². The average molecular weight is 739 g/mol.